The van der Waals surface area contributed by atoms with Gasteiger partial charge in [-0.3, -0.25) is 9.59 Å². The third kappa shape index (κ3) is 10.3. The van der Waals surface area contributed by atoms with Gasteiger partial charge in [0, 0.05) is 0 Å². The van der Waals surface area contributed by atoms with Gasteiger partial charge in [-0.25, -0.2) is 4.79 Å². The number of rotatable bonds is 8. The molecule has 0 fully saturated rings. The molecule has 0 saturated heterocycles. The molecule has 0 aromatic heterocycles. The first-order valence-corrected chi connectivity index (χ1v) is 4.73. The molecule has 0 atom stereocenters. The standard InChI is InChI=1S/C10H14O5/c11-6-4-2-1-3-5-7-15-10(14)8-9(12)13/h4H,1-3,5,7-8H2,(H,12,13). The minimum absolute atomic E-state index is 0.233. The lowest BCUT2D eigenvalue weighted by Crippen LogP contribution is -2.11. The van der Waals surface area contributed by atoms with Crippen LogP contribution in [0.2, 0.25) is 0 Å². The molecule has 0 radical (unpaired) electrons. The van der Waals surface area contributed by atoms with Crippen molar-refractivity contribution in [1.29, 1.82) is 0 Å². The van der Waals surface area contributed by atoms with Crippen LogP contribution >= 0.6 is 0 Å². The molecule has 0 rings (SSSR count). The Morgan fingerprint density at radius 1 is 1.27 bits per heavy atom. The summed E-state index contributed by atoms with van der Waals surface area (Å²) in [6, 6.07) is 0. The van der Waals surface area contributed by atoms with Crippen LogP contribution in [0.1, 0.15) is 32.1 Å². The smallest absolute Gasteiger partial charge is 0.317 e. The molecule has 0 aliphatic rings. The quantitative estimate of drug-likeness (QED) is 0.281. The lowest BCUT2D eigenvalue weighted by atomic mass is 10.2. The van der Waals surface area contributed by atoms with Crippen molar-refractivity contribution < 1.29 is 24.2 Å². The first-order chi connectivity index (χ1) is 7.16. The number of unbranched alkanes of at least 4 members (excludes halogenated alkanes) is 3. The topological polar surface area (TPSA) is 80.7 Å². The lowest BCUT2D eigenvalue weighted by molar-refractivity contribution is -0.151. The Bertz CT molecular complexity index is 253. The number of carboxylic acids is 1. The van der Waals surface area contributed by atoms with E-state index in [4.69, 9.17) is 5.11 Å². The summed E-state index contributed by atoms with van der Waals surface area (Å²) in [5, 5.41) is 8.24. The first-order valence-electron chi connectivity index (χ1n) is 4.73. The second-order valence-corrected chi connectivity index (χ2v) is 2.96. The zero-order chi connectivity index (χ0) is 11.5. The maximum Gasteiger partial charge on any atom is 0.317 e. The largest absolute Gasteiger partial charge is 0.481 e. The summed E-state index contributed by atoms with van der Waals surface area (Å²) >= 11 is 0. The number of carbonyl (C=O) groups is 2. The van der Waals surface area contributed by atoms with E-state index in [1.165, 1.54) is 6.08 Å². The minimum Gasteiger partial charge on any atom is -0.481 e. The Morgan fingerprint density at radius 2 is 2.00 bits per heavy atom. The predicted octanol–water partition coefficient (Wildman–Crippen LogP) is 0.952. The molecule has 0 spiro atoms. The monoisotopic (exact) mass is 214 g/mol. The van der Waals surface area contributed by atoms with E-state index in [0.29, 0.717) is 12.8 Å². The number of esters is 1. The van der Waals surface area contributed by atoms with Crippen molar-refractivity contribution in [2.24, 2.45) is 0 Å². The molecular weight excluding hydrogens is 200 g/mol. The third-order valence-corrected chi connectivity index (χ3v) is 1.63. The molecular formula is C10H14O5. The van der Waals surface area contributed by atoms with Gasteiger partial charge in [0.25, 0.3) is 0 Å². The van der Waals surface area contributed by atoms with Gasteiger partial charge in [0.05, 0.1) is 6.61 Å². The van der Waals surface area contributed by atoms with Gasteiger partial charge in [-0.2, -0.15) is 0 Å². The van der Waals surface area contributed by atoms with Crippen LogP contribution in [0.3, 0.4) is 0 Å². The highest BCUT2D eigenvalue weighted by atomic mass is 16.5. The van der Waals surface area contributed by atoms with Crippen molar-refractivity contribution in [3.05, 3.63) is 6.08 Å². The molecule has 0 bridgehead atoms. The number of hydrogen-bond acceptors (Lipinski definition) is 4. The van der Waals surface area contributed by atoms with Gasteiger partial charge in [0.2, 0.25) is 0 Å². The Balaban J connectivity index is 3.27. The molecule has 5 nitrogen and oxygen atoms in total. The molecule has 0 aromatic rings. The van der Waals surface area contributed by atoms with Gasteiger partial charge in [0.15, 0.2) is 0 Å². The summed E-state index contributed by atoms with van der Waals surface area (Å²) in [4.78, 5) is 30.6. The zero-order valence-corrected chi connectivity index (χ0v) is 8.40. The van der Waals surface area contributed by atoms with Crippen LogP contribution in [-0.2, 0) is 19.1 Å². The average Bonchev–Trinajstić information content (AvgIpc) is 2.15. The Morgan fingerprint density at radius 3 is 2.60 bits per heavy atom. The lowest BCUT2D eigenvalue weighted by Gasteiger charge is -2.01. The number of ether oxygens (including phenoxy) is 1. The number of allylic oxidation sites excluding steroid dienone is 1. The van der Waals surface area contributed by atoms with Gasteiger partial charge in [-0.15, -0.1) is 0 Å². The van der Waals surface area contributed by atoms with E-state index in [1.807, 2.05) is 0 Å². The number of aliphatic carboxylic acids is 1. The minimum atomic E-state index is -1.18. The van der Waals surface area contributed by atoms with E-state index >= 15 is 0 Å². The fourth-order valence-corrected chi connectivity index (χ4v) is 0.945. The van der Waals surface area contributed by atoms with Crippen molar-refractivity contribution in [2.45, 2.75) is 32.1 Å². The first kappa shape index (κ1) is 13.4. The van der Waals surface area contributed by atoms with E-state index in [0.717, 1.165) is 12.8 Å². The fourth-order valence-electron chi connectivity index (χ4n) is 0.945. The Labute approximate surface area is 87.7 Å². The van der Waals surface area contributed by atoms with E-state index in [2.05, 4.69) is 4.74 Å². The van der Waals surface area contributed by atoms with Crippen LogP contribution in [0.4, 0.5) is 0 Å². The van der Waals surface area contributed by atoms with Crippen LogP contribution in [0.15, 0.2) is 6.08 Å². The zero-order valence-electron chi connectivity index (χ0n) is 8.40. The number of carboxylic acid groups (broad SMARTS) is 1. The third-order valence-electron chi connectivity index (χ3n) is 1.63. The van der Waals surface area contributed by atoms with Gasteiger partial charge >= 0.3 is 11.9 Å². The number of hydrogen-bond donors (Lipinski definition) is 1. The second-order valence-electron chi connectivity index (χ2n) is 2.96. The molecule has 0 heterocycles. The van der Waals surface area contributed by atoms with Crippen molar-refractivity contribution in [2.75, 3.05) is 6.61 Å². The average molecular weight is 214 g/mol. The van der Waals surface area contributed by atoms with Crippen molar-refractivity contribution in [1.82, 2.24) is 0 Å². The molecule has 15 heavy (non-hydrogen) atoms. The Hall–Kier alpha value is -1.61. The maximum atomic E-state index is 10.7. The van der Waals surface area contributed by atoms with Gasteiger partial charge < -0.3 is 9.84 Å². The summed E-state index contributed by atoms with van der Waals surface area (Å²) in [5.41, 5.74) is 0. The van der Waals surface area contributed by atoms with Crippen LogP contribution in [0.25, 0.3) is 0 Å². The summed E-state index contributed by atoms with van der Waals surface area (Å²) in [6.07, 6.45) is 3.85. The Kier molecular flexibility index (Phi) is 8.00. The highest BCUT2D eigenvalue weighted by molar-refractivity contribution is 5.90. The summed E-state index contributed by atoms with van der Waals surface area (Å²) < 4.78 is 4.65. The highest BCUT2D eigenvalue weighted by Gasteiger charge is 2.07. The van der Waals surface area contributed by atoms with E-state index in [-0.39, 0.29) is 6.61 Å². The molecule has 0 amide bonds. The summed E-state index contributed by atoms with van der Waals surface area (Å²) in [6.45, 7) is 0.233. The number of carbonyl (C=O) groups excluding carboxylic acids is 2. The summed E-state index contributed by atoms with van der Waals surface area (Å²) in [5.74, 6) is -0.224. The van der Waals surface area contributed by atoms with Crippen LogP contribution < -0.4 is 0 Å². The van der Waals surface area contributed by atoms with E-state index < -0.39 is 18.4 Å². The summed E-state index contributed by atoms with van der Waals surface area (Å²) in [7, 11) is 0. The molecule has 5 heteroatoms. The molecule has 0 saturated carbocycles. The fraction of sp³-hybridized carbons (Fsp3) is 0.600. The second kappa shape index (κ2) is 8.97. The molecule has 0 aliphatic heterocycles. The molecule has 0 aliphatic carbocycles. The van der Waals surface area contributed by atoms with Crippen molar-refractivity contribution in [3.63, 3.8) is 0 Å². The molecule has 0 unspecified atom stereocenters. The van der Waals surface area contributed by atoms with E-state index in [9.17, 15) is 14.4 Å². The van der Waals surface area contributed by atoms with E-state index in [1.54, 1.807) is 5.94 Å². The van der Waals surface area contributed by atoms with Crippen LogP contribution in [0.5, 0.6) is 0 Å². The molecule has 0 aromatic carbocycles. The van der Waals surface area contributed by atoms with Crippen molar-refractivity contribution >= 4 is 17.9 Å². The normalized spacial score (nSPS) is 9.07. The van der Waals surface area contributed by atoms with Gasteiger partial charge in [-0.05, 0) is 31.8 Å². The maximum absolute atomic E-state index is 10.7. The predicted molar refractivity (Wildman–Crippen MR) is 51.9 cm³/mol. The SMILES string of the molecule is O=C=CCCCCCOC(=O)CC(=O)O. The highest BCUT2D eigenvalue weighted by Crippen LogP contribution is 2.00. The molecule has 84 valence electrons. The van der Waals surface area contributed by atoms with Crippen molar-refractivity contribution in [3.8, 4) is 0 Å². The molecule has 1 N–H and O–H groups in total. The van der Waals surface area contributed by atoms with Crippen LogP contribution in [0, 0.1) is 0 Å². The van der Waals surface area contributed by atoms with Crippen LogP contribution in [-0.4, -0.2) is 29.6 Å². The van der Waals surface area contributed by atoms with Gasteiger partial charge in [-0.1, -0.05) is 0 Å². The van der Waals surface area contributed by atoms with Gasteiger partial charge in [0.1, 0.15) is 12.4 Å².